The fourth-order valence-corrected chi connectivity index (χ4v) is 3.27. The van der Waals surface area contributed by atoms with Gasteiger partial charge in [0.05, 0.1) is 12.6 Å². The van der Waals surface area contributed by atoms with Crippen molar-refractivity contribution in [2.75, 3.05) is 4.90 Å². The third-order valence-corrected chi connectivity index (χ3v) is 4.35. The SMILES string of the molecule is CC(=O)N[C@@H]1C(=O)N(Cc2ccccc2OC(C)C)c2ccc(Cl)cc21. The van der Waals surface area contributed by atoms with Gasteiger partial charge in [0, 0.05) is 28.8 Å². The van der Waals surface area contributed by atoms with Crippen LogP contribution >= 0.6 is 11.6 Å². The number of carbonyl (C=O) groups is 2. The molecule has 2 amide bonds. The molecule has 1 heterocycles. The lowest BCUT2D eigenvalue weighted by molar-refractivity contribution is -0.126. The normalized spacial score (nSPS) is 16.0. The molecular formula is C20H21ClN2O3. The van der Waals surface area contributed by atoms with Crippen LogP contribution in [0.3, 0.4) is 0 Å². The molecule has 0 saturated heterocycles. The minimum absolute atomic E-state index is 0.0312. The Balaban J connectivity index is 1.97. The monoisotopic (exact) mass is 372 g/mol. The number of fused-ring (bicyclic) bond motifs is 1. The van der Waals surface area contributed by atoms with Gasteiger partial charge in [-0.05, 0) is 38.1 Å². The van der Waals surface area contributed by atoms with Crippen molar-refractivity contribution in [2.24, 2.45) is 0 Å². The van der Waals surface area contributed by atoms with Crippen LogP contribution in [-0.2, 0) is 16.1 Å². The summed E-state index contributed by atoms with van der Waals surface area (Å²) < 4.78 is 5.86. The Morgan fingerprint density at radius 2 is 2.00 bits per heavy atom. The van der Waals surface area contributed by atoms with E-state index in [2.05, 4.69) is 5.32 Å². The van der Waals surface area contributed by atoms with Gasteiger partial charge in [0.25, 0.3) is 5.91 Å². The predicted octanol–water partition coefficient (Wildman–Crippen LogP) is 3.85. The molecular weight excluding hydrogens is 352 g/mol. The van der Waals surface area contributed by atoms with E-state index in [4.69, 9.17) is 16.3 Å². The minimum atomic E-state index is -0.723. The number of amides is 2. The summed E-state index contributed by atoms with van der Waals surface area (Å²) in [5, 5.41) is 3.24. The van der Waals surface area contributed by atoms with Gasteiger partial charge in [0.1, 0.15) is 11.8 Å². The quantitative estimate of drug-likeness (QED) is 0.867. The number of rotatable bonds is 5. The van der Waals surface area contributed by atoms with E-state index in [1.807, 2.05) is 44.2 Å². The Bertz CT molecular complexity index is 851. The van der Waals surface area contributed by atoms with Crippen molar-refractivity contribution in [1.29, 1.82) is 0 Å². The summed E-state index contributed by atoms with van der Waals surface area (Å²) >= 11 is 6.10. The molecule has 2 aromatic rings. The molecule has 136 valence electrons. The molecule has 2 aromatic carbocycles. The van der Waals surface area contributed by atoms with Crippen LogP contribution in [0.2, 0.25) is 5.02 Å². The van der Waals surface area contributed by atoms with Gasteiger partial charge >= 0.3 is 0 Å². The first kappa shape index (κ1) is 18.3. The molecule has 1 aliphatic heterocycles. The van der Waals surface area contributed by atoms with Crippen molar-refractivity contribution in [3.63, 3.8) is 0 Å². The number of ether oxygens (including phenoxy) is 1. The van der Waals surface area contributed by atoms with Crippen LogP contribution in [0.4, 0.5) is 5.69 Å². The molecule has 1 aliphatic rings. The van der Waals surface area contributed by atoms with Crippen molar-refractivity contribution < 1.29 is 14.3 Å². The summed E-state index contributed by atoms with van der Waals surface area (Å²) in [6.07, 6.45) is 0.0312. The van der Waals surface area contributed by atoms with Gasteiger partial charge < -0.3 is 15.0 Å². The molecule has 0 aromatic heterocycles. The van der Waals surface area contributed by atoms with Crippen molar-refractivity contribution in [1.82, 2.24) is 5.32 Å². The number of para-hydroxylation sites is 1. The molecule has 0 unspecified atom stereocenters. The number of nitrogens with one attached hydrogen (secondary N) is 1. The Labute approximate surface area is 157 Å². The highest BCUT2D eigenvalue weighted by molar-refractivity contribution is 6.31. The summed E-state index contributed by atoms with van der Waals surface area (Å²) in [5.74, 6) is 0.297. The summed E-state index contributed by atoms with van der Waals surface area (Å²) in [6, 6.07) is 12.2. The number of hydrogen-bond acceptors (Lipinski definition) is 3. The van der Waals surface area contributed by atoms with Gasteiger partial charge in [-0.15, -0.1) is 0 Å². The van der Waals surface area contributed by atoms with Crippen molar-refractivity contribution in [3.8, 4) is 5.75 Å². The first-order valence-electron chi connectivity index (χ1n) is 8.49. The maximum Gasteiger partial charge on any atom is 0.254 e. The molecule has 5 nitrogen and oxygen atoms in total. The molecule has 1 N–H and O–H groups in total. The summed E-state index contributed by atoms with van der Waals surface area (Å²) in [7, 11) is 0. The Hall–Kier alpha value is -2.53. The van der Waals surface area contributed by atoms with E-state index in [1.165, 1.54) is 6.92 Å². The molecule has 0 radical (unpaired) electrons. The maximum absolute atomic E-state index is 13.0. The Morgan fingerprint density at radius 1 is 1.27 bits per heavy atom. The number of halogens is 1. The van der Waals surface area contributed by atoms with E-state index < -0.39 is 6.04 Å². The van der Waals surface area contributed by atoms with Gasteiger partial charge in [0.2, 0.25) is 5.91 Å². The van der Waals surface area contributed by atoms with Crippen molar-refractivity contribution in [2.45, 2.75) is 39.5 Å². The van der Waals surface area contributed by atoms with E-state index in [-0.39, 0.29) is 17.9 Å². The molecule has 0 aliphatic carbocycles. The number of carbonyl (C=O) groups excluding carboxylic acids is 2. The molecule has 3 rings (SSSR count). The highest BCUT2D eigenvalue weighted by Gasteiger charge is 2.38. The average molecular weight is 373 g/mol. The minimum Gasteiger partial charge on any atom is -0.491 e. The Morgan fingerprint density at radius 3 is 2.69 bits per heavy atom. The molecule has 0 bridgehead atoms. The zero-order valence-corrected chi connectivity index (χ0v) is 15.7. The van der Waals surface area contributed by atoms with E-state index in [1.54, 1.807) is 17.0 Å². The van der Waals surface area contributed by atoms with Crippen LogP contribution in [-0.4, -0.2) is 17.9 Å². The standard InChI is InChI=1S/C20H21ClN2O3/c1-12(2)26-18-7-5-4-6-14(18)11-23-17-9-8-15(21)10-16(17)19(20(23)25)22-13(3)24/h4-10,12,19H,11H2,1-3H3,(H,22,24)/t19-/m0/s1. The van der Waals surface area contributed by atoms with Gasteiger partial charge in [0.15, 0.2) is 0 Å². The van der Waals surface area contributed by atoms with Crippen LogP contribution < -0.4 is 15.0 Å². The molecule has 0 fully saturated rings. The lowest BCUT2D eigenvalue weighted by Crippen LogP contribution is -2.36. The van der Waals surface area contributed by atoms with Crippen LogP contribution in [0, 0.1) is 0 Å². The van der Waals surface area contributed by atoms with Crippen molar-refractivity contribution in [3.05, 3.63) is 58.6 Å². The maximum atomic E-state index is 13.0. The molecule has 0 saturated carbocycles. The first-order valence-corrected chi connectivity index (χ1v) is 8.87. The van der Waals surface area contributed by atoms with Gasteiger partial charge in [-0.25, -0.2) is 0 Å². The third-order valence-electron chi connectivity index (χ3n) is 4.12. The average Bonchev–Trinajstić information content (AvgIpc) is 2.81. The smallest absolute Gasteiger partial charge is 0.254 e. The lowest BCUT2D eigenvalue weighted by Gasteiger charge is -2.21. The number of anilines is 1. The summed E-state index contributed by atoms with van der Waals surface area (Å²) in [6.45, 7) is 5.67. The molecule has 6 heteroatoms. The Kier molecular flexibility index (Phi) is 5.18. The second-order valence-electron chi connectivity index (χ2n) is 6.54. The lowest BCUT2D eigenvalue weighted by atomic mass is 10.1. The van der Waals surface area contributed by atoms with E-state index >= 15 is 0 Å². The summed E-state index contributed by atoms with van der Waals surface area (Å²) in [5.41, 5.74) is 2.36. The van der Waals surface area contributed by atoms with Gasteiger partial charge in [-0.1, -0.05) is 29.8 Å². The van der Waals surface area contributed by atoms with Crippen molar-refractivity contribution >= 4 is 29.1 Å². The second-order valence-corrected chi connectivity index (χ2v) is 6.97. The topological polar surface area (TPSA) is 58.6 Å². The second kappa shape index (κ2) is 7.38. The van der Waals surface area contributed by atoms with E-state index in [0.29, 0.717) is 17.1 Å². The fourth-order valence-electron chi connectivity index (χ4n) is 3.09. The largest absolute Gasteiger partial charge is 0.491 e. The van der Waals surface area contributed by atoms with Crippen LogP contribution in [0.15, 0.2) is 42.5 Å². The molecule has 0 spiro atoms. The highest BCUT2D eigenvalue weighted by atomic mass is 35.5. The first-order chi connectivity index (χ1) is 12.4. The number of nitrogens with zero attached hydrogens (tertiary/aromatic N) is 1. The summed E-state index contributed by atoms with van der Waals surface area (Å²) in [4.78, 5) is 26.2. The van der Waals surface area contributed by atoms with Crippen LogP contribution in [0.5, 0.6) is 5.75 Å². The highest BCUT2D eigenvalue weighted by Crippen LogP contribution is 2.39. The zero-order chi connectivity index (χ0) is 18.8. The predicted molar refractivity (Wildman–Crippen MR) is 101 cm³/mol. The third kappa shape index (κ3) is 3.68. The fraction of sp³-hybridized carbons (Fsp3) is 0.300. The number of benzene rings is 2. The molecule has 1 atom stereocenters. The van der Waals surface area contributed by atoms with E-state index in [0.717, 1.165) is 17.0 Å². The van der Waals surface area contributed by atoms with Gasteiger partial charge in [-0.2, -0.15) is 0 Å². The number of hydrogen-bond donors (Lipinski definition) is 1. The van der Waals surface area contributed by atoms with E-state index in [9.17, 15) is 9.59 Å². The van der Waals surface area contributed by atoms with Gasteiger partial charge in [-0.3, -0.25) is 9.59 Å². The van der Waals surface area contributed by atoms with Crippen LogP contribution in [0.1, 0.15) is 37.9 Å². The zero-order valence-electron chi connectivity index (χ0n) is 15.0. The van der Waals surface area contributed by atoms with Crippen LogP contribution in [0.25, 0.3) is 0 Å². The molecule has 26 heavy (non-hydrogen) atoms.